The first-order valence-corrected chi connectivity index (χ1v) is 8.93. The van der Waals surface area contributed by atoms with Crippen molar-refractivity contribution in [3.8, 4) is 10.4 Å². The number of carbonyl (C=O) groups is 2. The minimum atomic E-state index is -4.65. The van der Waals surface area contributed by atoms with Crippen LogP contribution in [0.2, 0.25) is 0 Å². The van der Waals surface area contributed by atoms with E-state index in [9.17, 15) is 22.8 Å². The lowest BCUT2D eigenvalue weighted by Gasteiger charge is -2.12. The molecule has 9 heteroatoms. The molecule has 144 valence electrons. The van der Waals surface area contributed by atoms with Crippen LogP contribution in [0.4, 0.5) is 18.9 Å². The van der Waals surface area contributed by atoms with Crippen LogP contribution in [0.5, 0.6) is 0 Å². The zero-order valence-electron chi connectivity index (χ0n) is 14.5. The summed E-state index contributed by atoms with van der Waals surface area (Å²) in [4.78, 5) is 28.3. The largest absolute Gasteiger partial charge is 0.419 e. The van der Waals surface area contributed by atoms with Gasteiger partial charge in [0, 0.05) is 24.2 Å². The van der Waals surface area contributed by atoms with Crippen LogP contribution in [0.15, 0.2) is 54.0 Å². The second kappa shape index (κ2) is 7.81. The van der Waals surface area contributed by atoms with E-state index in [1.807, 2.05) is 0 Å². The van der Waals surface area contributed by atoms with Crippen molar-refractivity contribution in [3.63, 3.8) is 0 Å². The Morgan fingerprint density at radius 2 is 1.79 bits per heavy atom. The van der Waals surface area contributed by atoms with Crippen LogP contribution < -0.4 is 10.6 Å². The third kappa shape index (κ3) is 4.04. The van der Waals surface area contributed by atoms with Gasteiger partial charge in [-0.05, 0) is 29.8 Å². The third-order valence-corrected chi connectivity index (χ3v) is 4.88. The molecule has 0 radical (unpaired) electrons. The van der Waals surface area contributed by atoms with Gasteiger partial charge in [0.25, 0.3) is 11.8 Å². The first kappa shape index (κ1) is 19.6. The highest BCUT2D eigenvalue weighted by atomic mass is 32.1. The molecule has 2 amide bonds. The smallest absolute Gasteiger partial charge is 0.354 e. The van der Waals surface area contributed by atoms with Crippen LogP contribution in [0.3, 0.4) is 0 Å². The lowest BCUT2D eigenvalue weighted by atomic mass is 10.1. The van der Waals surface area contributed by atoms with E-state index >= 15 is 0 Å². The van der Waals surface area contributed by atoms with Crippen molar-refractivity contribution in [1.29, 1.82) is 0 Å². The van der Waals surface area contributed by atoms with E-state index in [0.717, 1.165) is 16.7 Å². The van der Waals surface area contributed by atoms with Gasteiger partial charge in [0.05, 0.1) is 16.1 Å². The molecule has 3 aromatic rings. The van der Waals surface area contributed by atoms with E-state index in [2.05, 4.69) is 15.6 Å². The van der Waals surface area contributed by atoms with Crippen LogP contribution in [0.1, 0.15) is 26.4 Å². The number of aromatic nitrogens is 1. The molecule has 0 bridgehead atoms. The summed E-state index contributed by atoms with van der Waals surface area (Å²) >= 11 is 0.827. The summed E-state index contributed by atoms with van der Waals surface area (Å²) in [5.74, 6) is -1.13. The molecule has 28 heavy (non-hydrogen) atoms. The van der Waals surface area contributed by atoms with Gasteiger partial charge in [-0.1, -0.05) is 18.2 Å². The number of carbonyl (C=O) groups excluding carboxylic acids is 2. The lowest BCUT2D eigenvalue weighted by molar-refractivity contribution is -0.136. The van der Waals surface area contributed by atoms with Crippen LogP contribution in [-0.2, 0) is 6.18 Å². The average molecular weight is 405 g/mol. The monoisotopic (exact) mass is 405 g/mol. The molecule has 0 saturated carbocycles. The Morgan fingerprint density at radius 1 is 1.07 bits per heavy atom. The molecule has 0 aliphatic carbocycles. The van der Waals surface area contributed by atoms with Gasteiger partial charge in [-0.25, -0.2) is 0 Å². The molecule has 0 spiro atoms. The number of thiophene rings is 1. The van der Waals surface area contributed by atoms with Crippen molar-refractivity contribution < 1.29 is 22.8 Å². The summed E-state index contributed by atoms with van der Waals surface area (Å²) in [5, 5.41) is 5.72. The number of amides is 2. The molecule has 0 fully saturated rings. The summed E-state index contributed by atoms with van der Waals surface area (Å²) in [6, 6.07) is 10.8. The number of nitrogens with zero attached hydrogens (tertiary/aromatic N) is 1. The lowest BCUT2D eigenvalue weighted by Crippen LogP contribution is -2.19. The standard InChI is InChI=1S/C19H14F3N3O2S/c1-23-18(27)14-9-12(7-8-24-14)16-15(13(10-28-16)19(20,21)22)25-17(26)11-5-3-2-4-6-11/h2-10H,1H3,(H,23,27)(H,25,26). The Morgan fingerprint density at radius 3 is 2.43 bits per heavy atom. The van der Waals surface area contributed by atoms with E-state index < -0.39 is 23.6 Å². The molecule has 0 unspecified atom stereocenters. The first-order valence-electron chi connectivity index (χ1n) is 8.05. The van der Waals surface area contributed by atoms with E-state index in [1.54, 1.807) is 18.2 Å². The van der Waals surface area contributed by atoms with Gasteiger partial charge < -0.3 is 10.6 Å². The number of anilines is 1. The van der Waals surface area contributed by atoms with Crippen LogP contribution in [0, 0.1) is 0 Å². The summed E-state index contributed by atoms with van der Waals surface area (Å²) in [7, 11) is 1.43. The van der Waals surface area contributed by atoms with Gasteiger partial charge in [0.2, 0.25) is 0 Å². The minimum absolute atomic E-state index is 0.0577. The molecule has 5 nitrogen and oxygen atoms in total. The maximum Gasteiger partial charge on any atom is 0.419 e. The summed E-state index contributed by atoms with van der Waals surface area (Å²) in [6.07, 6.45) is -3.32. The summed E-state index contributed by atoms with van der Waals surface area (Å²) in [5.41, 5.74) is -0.663. The van der Waals surface area contributed by atoms with Gasteiger partial charge in [0.15, 0.2) is 0 Å². The number of halogens is 3. The molecule has 0 saturated heterocycles. The van der Waals surface area contributed by atoms with Crippen molar-refractivity contribution >= 4 is 28.8 Å². The van der Waals surface area contributed by atoms with Crippen LogP contribution in [-0.4, -0.2) is 23.8 Å². The van der Waals surface area contributed by atoms with Gasteiger partial charge in [0.1, 0.15) is 5.69 Å². The third-order valence-electron chi connectivity index (χ3n) is 3.85. The molecule has 0 aliphatic heterocycles. The molecular weight excluding hydrogens is 391 g/mol. The zero-order valence-corrected chi connectivity index (χ0v) is 15.3. The highest BCUT2D eigenvalue weighted by Gasteiger charge is 2.37. The second-order valence-electron chi connectivity index (χ2n) is 5.68. The molecule has 2 aromatic heterocycles. The number of pyridine rings is 1. The molecular formula is C19H14F3N3O2S. The van der Waals surface area contributed by atoms with Crippen molar-refractivity contribution in [3.05, 3.63) is 70.9 Å². The fraction of sp³-hybridized carbons (Fsp3) is 0.105. The maximum atomic E-state index is 13.5. The van der Waals surface area contributed by atoms with Crippen molar-refractivity contribution in [2.75, 3.05) is 12.4 Å². The summed E-state index contributed by atoms with van der Waals surface area (Å²) < 4.78 is 40.4. The molecule has 3 rings (SSSR count). The number of alkyl halides is 3. The first-order chi connectivity index (χ1) is 13.3. The van der Waals surface area contributed by atoms with Crippen molar-refractivity contribution in [2.24, 2.45) is 0 Å². The van der Waals surface area contributed by atoms with Gasteiger partial charge in [-0.2, -0.15) is 13.2 Å². The number of rotatable bonds is 4. The number of benzene rings is 1. The Labute approximate surface area is 162 Å². The predicted octanol–water partition coefficient (Wildman–Crippen LogP) is 4.44. The maximum absolute atomic E-state index is 13.5. The van der Waals surface area contributed by atoms with Crippen molar-refractivity contribution in [2.45, 2.75) is 6.18 Å². The van der Waals surface area contributed by atoms with E-state index in [1.165, 1.54) is 37.5 Å². The van der Waals surface area contributed by atoms with E-state index in [0.29, 0.717) is 5.56 Å². The van der Waals surface area contributed by atoms with Crippen LogP contribution in [0.25, 0.3) is 10.4 Å². The highest BCUT2D eigenvalue weighted by molar-refractivity contribution is 7.14. The summed E-state index contributed by atoms with van der Waals surface area (Å²) in [6.45, 7) is 0. The fourth-order valence-corrected chi connectivity index (χ4v) is 3.53. The van der Waals surface area contributed by atoms with Crippen LogP contribution >= 0.6 is 11.3 Å². The molecule has 2 heterocycles. The zero-order chi connectivity index (χ0) is 20.3. The van der Waals surface area contributed by atoms with Gasteiger partial charge in [-0.15, -0.1) is 11.3 Å². The molecule has 1 aromatic carbocycles. The second-order valence-corrected chi connectivity index (χ2v) is 6.56. The van der Waals surface area contributed by atoms with Crippen molar-refractivity contribution in [1.82, 2.24) is 10.3 Å². The SMILES string of the molecule is CNC(=O)c1cc(-c2scc(C(F)(F)F)c2NC(=O)c2ccccc2)ccn1. The minimum Gasteiger partial charge on any atom is -0.354 e. The average Bonchev–Trinajstić information content (AvgIpc) is 3.12. The van der Waals surface area contributed by atoms with Gasteiger partial charge in [-0.3, -0.25) is 14.6 Å². The Kier molecular flexibility index (Phi) is 5.46. The van der Waals surface area contributed by atoms with Gasteiger partial charge >= 0.3 is 6.18 Å². The highest BCUT2D eigenvalue weighted by Crippen LogP contribution is 2.45. The molecule has 0 atom stereocenters. The number of nitrogens with one attached hydrogen (secondary N) is 2. The molecule has 2 N–H and O–H groups in total. The number of hydrogen-bond acceptors (Lipinski definition) is 4. The van der Waals surface area contributed by atoms with E-state index in [-0.39, 0.29) is 21.8 Å². The Bertz CT molecular complexity index is 1020. The van der Waals surface area contributed by atoms with E-state index in [4.69, 9.17) is 0 Å². The normalized spacial score (nSPS) is 11.1. The Balaban J connectivity index is 2.07. The fourth-order valence-electron chi connectivity index (χ4n) is 2.50. The molecule has 0 aliphatic rings. The quantitative estimate of drug-likeness (QED) is 0.674. The predicted molar refractivity (Wildman–Crippen MR) is 100 cm³/mol. The number of hydrogen-bond donors (Lipinski definition) is 2. The Hall–Kier alpha value is -3.20. The topological polar surface area (TPSA) is 71.1 Å².